The van der Waals surface area contributed by atoms with Gasteiger partial charge >= 0.3 is 0 Å². The molecule has 0 fully saturated rings. The van der Waals surface area contributed by atoms with Crippen LogP contribution in [0.4, 0.5) is 0 Å². The van der Waals surface area contributed by atoms with Crippen molar-refractivity contribution in [2.45, 2.75) is 46.1 Å². The first-order valence-electron chi connectivity index (χ1n) is 9.63. The second-order valence-corrected chi connectivity index (χ2v) is 8.23. The van der Waals surface area contributed by atoms with Crippen molar-refractivity contribution in [3.63, 3.8) is 0 Å². The van der Waals surface area contributed by atoms with E-state index in [1.807, 2.05) is 12.1 Å². The van der Waals surface area contributed by atoms with E-state index in [2.05, 4.69) is 65.4 Å². The normalized spacial score (nSPS) is 12.7. The van der Waals surface area contributed by atoms with Crippen LogP contribution in [0.25, 0.3) is 22.3 Å². The highest BCUT2D eigenvalue weighted by Crippen LogP contribution is 2.37. The van der Waals surface area contributed by atoms with Gasteiger partial charge in [0.15, 0.2) is 0 Å². The first-order valence-corrected chi connectivity index (χ1v) is 10.4. The Hall–Kier alpha value is -1.92. The third-order valence-electron chi connectivity index (χ3n) is 5.09. The minimum atomic E-state index is 0.280. The number of rotatable bonds is 7. The van der Waals surface area contributed by atoms with Crippen molar-refractivity contribution >= 4 is 27.0 Å². The molecule has 5 nitrogen and oxygen atoms in total. The molecule has 0 N–H and O–H groups in total. The fourth-order valence-electron chi connectivity index (χ4n) is 3.50. The molecule has 0 saturated heterocycles. The van der Waals surface area contributed by atoms with Crippen molar-refractivity contribution in [1.82, 2.24) is 14.5 Å². The highest BCUT2D eigenvalue weighted by molar-refractivity contribution is 9.10. The molecule has 0 aliphatic carbocycles. The topological polar surface area (TPSA) is 49.2 Å². The molecule has 0 saturated carbocycles. The van der Waals surface area contributed by atoms with Gasteiger partial charge in [0.25, 0.3) is 0 Å². The zero-order chi connectivity index (χ0) is 20.4. The average molecular weight is 446 g/mol. The van der Waals surface area contributed by atoms with Crippen molar-refractivity contribution in [3.05, 3.63) is 40.1 Å². The minimum Gasteiger partial charge on any atom is -0.480 e. The van der Waals surface area contributed by atoms with Gasteiger partial charge in [-0.3, -0.25) is 0 Å². The van der Waals surface area contributed by atoms with Crippen LogP contribution in [0, 0.1) is 6.92 Å². The Labute approximate surface area is 175 Å². The van der Waals surface area contributed by atoms with E-state index >= 15 is 0 Å². The van der Waals surface area contributed by atoms with Crippen LogP contribution in [-0.4, -0.2) is 35.4 Å². The van der Waals surface area contributed by atoms with E-state index < -0.39 is 0 Å². The zero-order valence-corrected chi connectivity index (χ0v) is 19.0. The van der Waals surface area contributed by atoms with Crippen LogP contribution in [0.2, 0.25) is 0 Å². The first kappa shape index (κ1) is 20.8. The molecule has 3 heterocycles. The molecule has 150 valence electrons. The summed E-state index contributed by atoms with van der Waals surface area (Å²) in [6, 6.07) is 6.51. The van der Waals surface area contributed by atoms with Crippen LogP contribution in [0.1, 0.15) is 50.4 Å². The number of fused-ring (bicyclic) bond motifs is 1. The third kappa shape index (κ3) is 3.80. The van der Waals surface area contributed by atoms with E-state index in [-0.39, 0.29) is 6.04 Å². The van der Waals surface area contributed by atoms with E-state index in [0.29, 0.717) is 18.4 Å². The summed E-state index contributed by atoms with van der Waals surface area (Å²) in [4.78, 5) is 9.67. The summed E-state index contributed by atoms with van der Waals surface area (Å²) in [5.74, 6) is 0.937. The van der Waals surface area contributed by atoms with E-state index in [0.717, 1.165) is 44.4 Å². The lowest BCUT2D eigenvalue weighted by Crippen LogP contribution is -2.12. The summed E-state index contributed by atoms with van der Waals surface area (Å²) >= 11 is 3.73. The van der Waals surface area contributed by atoms with Crippen molar-refractivity contribution in [3.8, 4) is 17.1 Å². The Bertz CT molecular complexity index is 982. The average Bonchev–Trinajstić information content (AvgIpc) is 3.00. The Morgan fingerprint density at radius 1 is 1.18 bits per heavy atom. The number of methoxy groups -OCH3 is 2. The van der Waals surface area contributed by atoms with Crippen molar-refractivity contribution < 1.29 is 9.47 Å². The summed E-state index contributed by atoms with van der Waals surface area (Å²) in [5.41, 5.74) is 5.96. The van der Waals surface area contributed by atoms with Gasteiger partial charge in [0.1, 0.15) is 0 Å². The molecule has 3 aromatic rings. The Kier molecular flexibility index (Phi) is 6.40. The molecule has 0 radical (unpaired) electrons. The molecule has 3 rings (SSSR count). The predicted octanol–water partition coefficient (Wildman–Crippen LogP) is 5.90. The van der Waals surface area contributed by atoms with Gasteiger partial charge in [-0.05, 0) is 59.0 Å². The fourth-order valence-corrected chi connectivity index (χ4v) is 4.01. The lowest BCUT2D eigenvalue weighted by Gasteiger charge is -2.18. The smallest absolute Gasteiger partial charge is 0.222 e. The summed E-state index contributed by atoms with van der Waals surface area (Å²) in [6.07, 6.45) is 3.16. The maximum Gasteiger partial charge on any atom is 0.222 e. The molecule has 6 heteroatoms. The second kappa shape index (κ2) is 8.62. The minimum absolute atomic E-state index is 0.280. The number of ether oxygens (including phenoxy) is 2. The Balaban J connectivity index is 2.17. The molecule has 1 atom stereocenters. The molecular weight excluding hydrogens is 418 g/mol. The SMILES string of the molecule is CC[C@@H](COC)n1cc(C)c2nc(-c3ccc(C(C)C)nc3OC)c(Br)cc21. The number of hydrogen-bond donors (Lipinski definition) is 0. The molecule has 0 bridgehead atoms. The van der Waals surface area contributed by atoms with Gasteiger partial charge in [-0.1, -0.05) is 20.8 Å². The monoisotopic (exact) mass is 445 g/mol. The van der Waals surface area contributed by atoms with Gasteiger partial charge in [-0.25, -0.2) is 9.97 Å². The van der Waals surface area contributed by atoms with E-state index in [4.69, 9.17) is 14.5 Å². The quantitative estimate of drug-likeness (QED) is 0.454. The molecule has 28 heavy (non-hydrogen) atoms. The first-order chi connectivity index (χ1) is 13.4. The second-order valence-electron chi connectivity index (χ2n) is 7.37. The van der Waals surface area contributed by atoms with Crippen LogP contribution in [0.15, 0.2) is 28.9 Å². The van der Waals surface area contributed by atoms with Crippen LogP contribution in [-0.2, 0) is 4.74 Å². The molecular formula is C22H28BrN3O2. The number of hydrogen-bond acceptors (Lipinski definition) is 4. The maximum atomic E-state index is 5.59. The van der Waals surface area contributed by atoms with Crippen LogP contribution < -0.4 is 4.74 Å². The number of halogens is 1. The third-order valence-corrected chi connectivity index (χ3v) is 5.69. The molecule has 0 aliphatic rings. The van der Waals surface area contributed by atoms with Gasteiger partial charge in [-0.2, -0.15) is 0 Å². The maximum absolute atomic E-state index is 5.59. The molecule has 0 aliphatic heterocycles. The van der Waals surface area contributed by atoms with Gasteiger partial charge in [-0.15, -0.1) is 0 Å². The summed E-state index contributed by atoms with van der Waals surface area (Å²) < 4.78 is 14.2. The number of pyridine rings is 2. The van der Waals surface area contributed by atoms with Gasteiger partial charge in [0.05, 0.1) is 42.0 Å². The summed E-state index contributed by atoms with van der Waals surface area (Å²) in [7, 11) is 3.40. The number of nitrogens with zero attached hydrogens (tertiary/aromatic N) is 3. The van der Waals surface area contributed by atoms with Crippen LogP contribution in [0.5, 0.6) is 5.88 Å². The summed E-state index contributed by atoms with van der Waals surface area (Å²) in [6.45, 7) is 9.19. The van der Waals surface area contributed by atoms with Crippen LogP contribution >= 0.6 is 15.9 Å². The Morgan fingerprint density at radius 3 is 2.54 bits per heavy atom. The highest BCUT2D eigenvalue weighted by Gasteiger charge is 2.20. The van der Waals surface area contributed by atoms with Crippen molar-refractivity contribution in [2.24, 2.45) is 0 Å². The van der Waals surface area contributed by atoms with E-state index in [1.54, 1.807) is 14.2 Å². The summed E-state index contributed by atoms with van der Waals surface area (Å²) in [5, 5.41) is 0. The predicted molar refractivity (Wildman–Crippen MR) is 117 cm³/mol. The lowest BCUT2D eigenvalue weighted by molar-refractivity contribution is 0.155. The van der Waals surface area contributed by atoms with Crippen molar-refractivity contribution in [2.75, 3.05) is 20.8 Å². The van der Waals surface area contributed by atoms with Gasteiger partial charge < -0.3 is 14.0 Å². The lowest BCUT2D eigenvalue weighted by atomic mass is 10.1. The van der Waals surface area contributed by atoms with Crippen molar-refractivity contribution in [1.29, 1.82) is 0 Å². The van der Waals surface area contributed by atoms with Gasteiger partial charge in [0.2, 0.25) is 5.88 Å². The Morgan fingerprint density at radius 2 is 1.93 bits per heavy atom. The van der Waals surface area contributed by atoms with E-state index in [1.165, 1.54) is 0 Å². The number of aryl methyl sites for hydroxylation is 1. The molecule has 0 aromatic carbocycles. The van der Waals surface area contributed by atoms with Crippen LogP contribution in [0.3, 0.4) is 0 Å². The zero-order valence-electron chi connectivity index (χ0n) is 17.4. The molecule has 0 spiro atoms. The fraction of sp³-hybridized carbons (Fsp3) is 0.455. The highest BCUT2D eigenvalue weighted by atomic mass is 79.9. The molecule has 0 amide bonds. The largest absolute Gasteiger partial charge is 0.480 e. The van der Waals surface area contributed by atoms with Gasteiger partial charge in [0, 0.05) is 23.5 Å². The number of aromatic nitrogens is 3. The van der Waals surface area contributed by atoms with E-state index in [9.17, 15) is 0 Å². The molecule has 3 aromatic heterocycles. The standard InChI is InChI=1S/C22H28BrN3O2/c1-7-15(12-27-5)26-11-14(4)20-19(26)10-17(23)21(25-20)16-8-9-18(13(2)3)24-22(16)28-6/h8-11,13,15H,7,12H2,1-6H3/t15-/m0/s1. The molecule has 0 unspecified atom stereocenters.